The van der Waals surface area contributed by atoms with Gasteiger partial charge in [-0.1, -0.05) is 6.92 Å². The molecule has 5 nitrogen and oxygen atoms in total. The average molecular weight is 274 g/mol. The molecular weight excluding hydrogens is 244 g/mol. The lowest BCUT2D eigenvalue weighted by molar-refractivity contribution is -0.00368. The predicted molar refractivity (Wildman–Crippen MR) is 76.5 cm³/mol. The fourth-order valence-electron chi connectivity index (χ4n) is 2.38. The smallest absolute Gasteiger partial charge is 0.0900 e. The minimum atomic E-state index is -0.392. The summed E-state index contributed by atoms with van der Waals surface area (Å²) in [6.07, 6.45) is 3.16. The van der Waals surface area contributed by atoms with Crippen molar-refractivity contribution in [2.24, 2.45) is 0 Å². The van der Waals surface area contributed by atoms with Crippen LogP contribution in [0.5, 0.6) is 0 Å². The molecule has 1 atom stereocenters. The molecule has 0 aromatic heterocycles. The first kappa shape index (κ1) is 16.9. The summed E-state index contributed by atoms with van der Waals surface area (Å²) < 4.78 is 10.2. The standard InChI is InChI=1S/C14H30N2O3/c1-3-6-15-13-4-7-16(8-5-13)11-14(17)12-19-10-9-18-2/h13-15,17H,3-12H2,1-2H3. The molecule has 1 heterocycles. The summed E-state index contributed by atoms with van der Waals surface area (Å²) in [6.45, 7) is 7.69. The van der Waals surface area contributed by atoms with E-state index in [4.69, 9.17) is 9.47 Å². The van der Waals surface area contributed by atoms with Gasteiger partial charge in [-0.05, 0) is 38.9 Å². The van der Waals surface area contributed by atoms with Gasteiger partial charge < -0.3 is 24.8 Å². The number of hydrogen-bond acceptors (Lipinski definition) is 5. The molecule has 5 heteroatoms. The maximum Gasteiger partial charge on any atom is 0.0900 e. The summed E-state index contributed by atoms with van der Waals surface area (Å²) in [5.74, 6) is 0. The van der Waals surface area contributed by atoms with Crippen LogP contribution >= 0.6 is 0 Å². The van der Waals surface area contributed by atoms with Gasteiger partial charge >= 0.3 is 0 Å². The number of nitrogens with zero attached hydrogens (tertiary/aromatic N) is 1. The fourth-order valence-corrected chi connectivity index (χ4v) is 2.38. The SMILES string of the molecule is CCCNC1CCN(CC(O)COCCOC)CC1. The van der Waals surface area contributed by atoms with Crippen molar-refractivity contribution in [2.75, 3.05) is 53.1 Å². The monoisotopic (exact) mass is 274 g/mol. The van der Waals surface area contributed by atoms with E-state index < -0.39 is 6.10 Å². The van der Waals surface area contributed by atoms with Gasteiger partial charge in [0.2, 0.25) is 0 Å². The van der Waals surface area contributed by atoms with Crippen molar-refractivity contribution in [1.82, 2.24) is 10.2 Å². The molecule has 1 aliphatic heterocycles. The molecule has 2 N–H and O–H groups in total. The Bertz CT molecular complexity index is 209. The molecule has 0 saturated carbocycles. The fraction of sp³-hybridized carbons (Fsp3) is 1.00. The van der Waals surface area contributed by atoms with Crippen molar-refractivity contribution < 1.29 is 14.6 Å². The van der Waals surface area contributed by atoms with Gasteiger partial charge in [-0.2, -0.15) is 0 Å². The number of likely N-dealkylation sites (tertiary alicyclic amines) is 1. The number of rotatable bonds is 10. The van der Waals surface area contributed by atoms with Crippen molar-refractivity contribution >= 4 is 0 Å². The Kier molecular flexibility index (Phi) is 9.38. The Morgan fingerprint density at radius 1 is 1.32 bits per heavy atom. The van der Waals surface area contributed by atoms with E-state index in [1.165, 1.54) is 19.3 Å². The average Bonchev–Trinajstić information content (AvgIpc) is 2.43. The Morgan fingerprint density at radius 3 is 2.68 bits per heavy atom. The lowest BCUT2D eigenvalue weighted by Crippen LogP contribution is -2.45. The van der Waals surface area contributed by atoms with Gasteiger partial charge in [-0.15, -0.1) is 0 Å². The molecule has 1 aliphatic rings. The van der Waals surface area contributed by atoms with E-state index in [2.05, 4.69) is 17.1 Å². The Balaban J connectivity index is 2.04. The first-order valence-electron chi connectivity index (χ1n) is 7.46. The second-order valence-corrected chi connectivity index (χ2v) is 5.25. The van der Waals surface area contributed by atoms with Crippen molar-refractivity contribution in [3.05, 3.63) is 0 Å². The van der Waals surface area contributed by atoms with Crippen molar-refractivity contribution in [3.63, 3.8) is 0 Å². The van der Waals surface area contributed by atoms with Gasteiger partial charge in [-0.3, -0.25) is 0 Å². The highest BCUT2D eigenvalue weighted by Gasteiger charge is 2.20. The lowest BCUT2D eigenvalue weighted by Gasteiger charge is -2.33. The van der Waals surface area contributed by atoms with Gasteiger partial charge in [0.05, 0.1) is 25.9 Å². The van der Waals surface area contributed by atoms with Crippen LogP contribution in [-0.4, -0.2) is 75.3 Å². The van der Waals surface area contributed by atoms with E-state index in [1.807, 2.05) is 0 Å². The minimum absolute atomic E-state index is 0.392. The van der Waals surface area contributed by atoms with Gasteiger partial charge in [0.25, 0.3) is 0 Å². The van der Waals surface area contributed by atoms with E-state index in [9.17, 15) is 5.11 Å². The maximum absolute atomic E-state index is 9.88. The van der Waals surface area contributed by atoms with E-state index in [-0.39, 0.29) is 0 Å². The molecule has 0 bridgehead atoms. The Morgan fingerprint density at radius 2 is 2.05 bits per heavy atom. The molecule has 0 radical (unpaired) electrons. The minimum Gasteiger partial charge on any atom is -0.389 e. The zero-order chi connectivity index (χ0) is 13.9. The molecule has 0 aromatic rings. The van der Waals surface area contributed by atoms with Crippen LogP contribution in [0.4, 0.5) is 0 Å². The van der Waals surface area contributed by atoms with Crippen LogP contribution in [0.25, 0.3) is 0 Å². The summed E-state index contributed by atoms with van der Waals surface area (Å²) in [4.78, 5) is 2.33. The van der Waals surface area contributed by atoms with E-state index >= 15 is 0 Å². The summed E-state index contributed by atoms with van der Waals surface area (Å²) in [5, 5.41) is 13.5. The summed E-state index contributed by atoms with van der Waals surface area (Å²) in [5.41, 5.74) is 0. The second-order valence-electron chi connectivity index (χ2n) is 5.25. The summed E-state index contributed by atoms with van der Waals surface area (Å²) in [7, 11) is 1.65. The Hall–Kier alpha value is -0.200. The first-order valence-corrected chi connectivity index (χ1v) is 7.46. The zero-order valence-corrected chi connectivity index (χ0v) is 12.4. The molecule has 1 fully saturated rings. The van der Waals surface area contributed by atoms with Crippen LogP contribution in [0.3, 0.4) is 0 Å². The van der Waals surface area contributed by atoms with Crippen LogP contribution in [0.1, 0.15) is 26.2 Å². The molecule has 0 spiro atoms. The van der Waals surface area contributed by atoms with Crippen LogP contribution in [0, 0.1) is 0 Å². The van der Waals surface area contributed by atoms with Crippen LogP contribution in [-0.2, 0) is 9.47 Å². The third kappa shape index (κ3) is 7.84. The molecule has 1 unspecified atom stereocenters. The van der Waals surface area contributed by atoms with Crippen LogP contribution < -0.4 is 5.32 Å². The number of β-amino-alcohol motifs (C(OH)–C–C–N with tert-alkyl or cyclic N) is 1. The van der Waals surface area contributed by atoms with Gasteiger partial charge in [-0.25, -0.2) is 0 Å². The topological polar surface area (TPSA) is 54.0 Å². The third-order valence-electron chi connectivity index (χ3n) is 3.48. The molecule has 0 aliphatic carbocycles. The number of hydrogen-bond donors (Lipinski definition) is 2. The van der Waals surface area contributed by atoms with E-state index in [0.717, 1.165) is 19.6 Å². The largest absolute Gasteiger partial charge is 0.389 e. The van der Waals surface area contributed by atoms with Crippen molar-refractivity contribution in [1.29, 1.82) is 0 Å². The highest BCUT2D eigenvalue weighted by Crippen LogP contribution is 2.10. The van der Waals surface area contributed by atoms with Gasteiger partial charge in [0, 0.05) is 19.7 Å². The molecule has 0 amide bonds. The normalized spacial score (nSPS) is 19.7. The van der Waals surface area contributed by atoms with Crippen molar-refractivity contribution in [2.45, 2.75) is 38.3 Å². The molecule has 1 rings (SSSR count). The van der Waals surface area contributed by atoms with Gasteiger partial charge in [0.1, 0.15) is 0 Å². The summed E-state index contributed by atoms with van der Waals surface area (Å²) in [6, 6.07) is 0.659. The number of nitrogens with one attached hydrogen (secondary N) is 1. The zero-order valence-electron chi connectivity index (χ0n) is 12.4. The lowest BCUT2D eigenvalue weighted by atomic mass is 10.0. The number of aliphatic hydroxyl groups excluding tert-OH is 1. The second kappa shape index (κ2) is 10.6. The number of methoxy groups -OCH3 is 1. The number of piperidine rings is 1. The third-order valence-corrected chi connectivity index (χ3v) is 3.48. The van der Waals surface area contributed by atoms with Crippen LogP contribution in [0.2, 0.25) is 0 Å². The molecule has 19 heavy (non-hydrogen) atoms. The van der Waals surface area contributed by atoms with Crippen molar-refractivity contribution in [3.8, 4) is 0 Å². The number of aliphatic hydroxyl groups is 1. The first-order chi connectivity index (χ1) is 9.26. The quantitative estimate of drug-likeness (QED) is 0.567. The van der Waals surface area contributed by atoms with E-state index in [0.29, 0.717) is 32.4 Å². The highest BCUT2D eigenvalue weighted by atomic mass is 16.5. The summed E-state index contributed by atoms with van der Waals surface area (Å²) >= 11 is 0. The highest BCUT2D eigenvalue weighted by molar-refractivity contribution is 4.78. The molecule has 1 saturated heterocycles. The Labute approximate surface area is 117 Å². The number of ether oxygens (including phenoxy) is 2. The maximum atomic E-state index is 9.88. The van der Waals surface area contributed by atoms with Gasteiger partial charge in [0.15, 0.2) is 0 Å². The van der Waals surface area contributed by atoms with E-state index in [1.54, 1.807) is 7.11 Å². The van der Waals surface area contributed by atoms with Crippen LogP contribution in [0.15, 0.2) is 0 Å². The molecule has 114 valence electrons. The molecular formula is C14H30N2O3. The molecule has 0 aromatic carbocycles. The predicted octanol–water partition coefficient (Wildman–Crippen LogP) is 0.474.